The van der Waals surface area contributed by atoms with Crippen LogP contribution < -0.4 is 0 Å². The molecule has 1 aliphatic carbocycles. The fraction of sp³-hybridized carbons (Fsp3) is 0.556. The van der Waals surface area contributed by atoms with E-state index in [1.54, 1.807) is 0 Å². The second-order valence-electron chi connectivity index (χ2n) is 5.90. The van der Waals surface area contributed by atoms with Crippen LogP contribution in [-0.2, 0) is 0 Å². The van der Waals surface area contributed by atoms with Crippen LogP contribution in [0.3, 0.4) is 0 Å². The highest BCUT2D eigenvalue weighted by atomic mass is 16.2. The molecule has 0 radical (unpaired) electrons. The maximum absolute atomic E-state index is 13.1. The Balaban J connectivity index is 2.66. The Labute approximate surface area is 121 Å². The molecule has 0 saturated heterocycles. The number of benzene rings is 1. The van der Waals surface area contributed by atoms with Gasteiger partial charge in [-0.25, -0.2) is 0 Å². The first kappa shape index (κ1) is 15.0. The van der Waals surface area contributed by atoms with Gasteiger partial charge in [-0.2, -0.15) is 0 Å². The average Bonchev–Trinajstić information content (AvgIpc) is 2.71. The molecule has 0 spiro atoms. The van der Waals surface area contributed by atoms with E-state index in [-0.39, 0.29) is 23.4 Å². The van der Waals surface area contributed by atoms with Crippen LogP contribution in [-0.4, -0.2) is 11.6 Å². The van der Waals surface area contributed by atoms with Crippen LogP contribution >= 0.6 is 0 Å². The SMILES string of the molecule is CCC(C)C1(C(CC)CC)C(=O)c2ccccc2C1=O. The first-order chi connectivity index (χ1) is 9.55. The molecular weight excluding hydrogens is 248 g/mol. The van der Waals surface area contributed by atoms with Crippen molar-refractivity contribution in [3.05, 3.63) is 35.4 Å². The van der Waals surface area contributed by atoms with Crippen LogP contribution in [0.2, 0.25) is 0 Å². The third kappa shape index (κ3) is 1.77. The van der Waals surface area contributed by atoms with Crippen molar-refractivity contribution in [1.29, 1.82) is 0 Å². The van der Waals surface area contributed by atoms with Crippen molar-refractivity contribution in [3.63, 3.8) is 0 Å². The van der Waals surface area contributed by atoms with Crippen LogP contribution in [0.15, 0.2) is 24.3 Å². The Morgan fingerprint density at radius 1 is 0.900 bits per heavy atom. The van der Waals surface area contributed by atoms with Gasteiger partial charge in [0.1, 0.15) is 5.41 Å². The first-order valence-corrected chi connectivity index (χ1v) is 7.74. The summed E-state index contributed by atoms with van der Waals surface area (Å²) < 4.78 is 0. The lowest BCUT2D eigenvalue weighted by Gasteiger charge is -2.38. The summed E-state index contributed by atoms with van der Waals surface area (Å²) in [5.74, 6) is 0.326. The standard InChI is InChI=1S/C18H24O2/c1-5-12(4)18(13(6-2)7-3)16(19)14-10-8-9-11-15(14)17(18)20/h8-13H,5-7H2,1-4H3. The van der Waals surface area contributed by atoms with Crippen LogP contribution in [0.1, 0.15) is 67.7 Å². The topological polar surface area (TPSA) is 34.1 Å². The number of hydrogen-bond donors (Lipinski definition) is 0. The van der Waals surface area contributed by atoms with E-state index in [1.807, 2.05) is 24.3 Å². The molecule has 0 amide bonds. The van der Waals surface area contributed by atoms with E-state index in [4.69, 9.17) is 0 Å². The highest BCUT2D eigenvalue weighted by Gasteiger charge is 2.58. The van der Waals surface area contributed by atoms with E-state index in [0.29, 0.717) is 11.1 Å². The molecule has 0 heterocycles. The quantitative estimate of drug-likeness (QED) is 0.738. The molecule has 2 nitrogen and oxygen atoms in total. The predicted octanol–water partition coefficient (Wildman–Crippen LogP) is 4.53. The summed E-state index contributed by atoms with van der Waals surface area (Å²) in [6.45, 7) is 8.29. The van der Waals surface area contributed by atoms with Gasteiger partial charge in [-0.15, -0.1) is 0 Å². The summed E-state index contributed by atoms with van der Waals surface area (Å²) in [6, 6.07) is 7.32. The van der Waals surface area contributed by atoms with Gasteiger partial charge in [-0.3, -0.25) is 9.59 Å². The van der Waals surface area contributed by atoms with Crippen LogP contribution in [0.25, 0.3) is 0 Å². The minimum absolute atomic E-state index is 0.0566. The molecule has 1 aliphatic rings. The fourth-order valence-electron chi connectivity index (χ4n) is 3.90. The minimum atomic E-state index is -0.831. The Morgan fingerprint density at radius 3 is 1.70 bits per heavy atom. The lowest BCUT2D eigenvalue weighted by Crippen LogP contribution is -2.46. The molecule has 2 rings (SSSR count). The monoisotopic (exact) mass is 272 g/mol. The lowest BCUT2D eigenvalue weighted by molar-refractivity contribution is 0.0418. The maximum Gasteiger partial charge on any atom is 0.178 e. The van der Waals surface area contributed by atoms with Crippen molar-refractivity contribution in [2.24, 2.45) is 17.3 Å². The molecule has 0 aromatic heterocycles. The summed E-state index contributed by atoms with van der Waals surface area (Å²) in [6.07, 6.45) is 2.58. The fourth-order valence-corrected chi connectivity index (χ4v) is 3.90. The van der Waals surface area contributed by atoms with Crippen molar-refractivity contribution < 1.29 is 9.59 Å². The van der Waals surface area contributed by atoms with Gasteiger partial charge in [0.25, 0.3) is 0 Å². The number of carbonyl (C=O) groups excluding carboxylic acids is 2. The third-order valence-electron chi connectivity index (χ3n) is 5.19. The van der Waals surface area contributed by atoms with Gasteiger partial charge in [0.15, 0.2) is 11.6 Å². The Kier molecular flexibility index (Phi) is 4.12. The molecule has 1 unspecified atom stereocenters. The summed E-state index contributed by atoms with van der Waals surface area (Å²) in [7, 11) is 0. The Morgan fingerprint density at radius 2 is 1.35 bits per heavy atom. The Bertz CT molecular complexity index is 491. The number of fused-ring (bicyclic) bond motifs is 1. The van der Waals surface area contributed by atoms with Gasteiger partial charge >= 0.3 is 0 Å². The number of rotatable bonds is 5. The number of hydrogen-bond acceptors (Lipinski definition) is 2. The van der Waals surface area contributed by atoms with Gasteiger partial charge in [0, 0.05) is 11.1 Å². The highest BCUT2D eigenvalue weighted by Crippen LogP contribution is 2.50. The second kappa shape index (κ2) is 5.51. The van der Waals surface area contributed by atoms with E-state index < -0.39 is 5.41 Å². The summed E-state index contributed by atoms with van der Waals surface area (Å²) in [5, 5.41) is 0. The van der Waals surface area contributed by atoms with Crippen LogP contribution in [0, 0.1) is 17.3 Å². The van der Waals surface area contributed by atoms with Gasteiger partial charge in [-0.1, -0.05) is 71.2 Å². The van der Waals surface area contributed by atoms with Crippen molar-refractivity contribution in [1.82, 2.24) is 0 Å². The van der Waals surface area contributed by atoms with Crippen molar-refractivity contribution in [3.8, 4) is 0 Å². The third-order valence-corrected chi connectivity index (χ3v) is 5.19. The normalized spacial score (nSPS) is 18.4. The minimum Gasteiger partial charge on any atom is -0.293 e. The van der Waals surface area contributed by atoms with Crippen molar-refractivity contribution in [2.45, 2.75) is 47.0 Å². The second-order valence-corrected chi connectivity index (χ2v) is 5.90. The van der Waals surface area contributed by atoms with E-state index in [0.717, 1.165) is 19.3 Å². The predicted molar refractivity (Wildman–Crippen MR) is 81.1 cm³/mol. The zero-order valence-electron chi connectivity index (χ0n) is 12.9. The lowest BCUT2D eigenvalue weighted by atomic mass is 9.61. The van der Waals surface area contributed by atoms with Crippen molar-refractivity contribution in [2.75, 3.05) is 0 Å². The number of Topliss-reactive ketones (excluding diaryl/α,β-unsaturated/α-hetero) is 2. The summed E-state index contributed by atoms with van der Waals surface area (Å²) in [5.41, 5.74) is 0.427. The highest BCUT2D eigenvalue weighted by molar-refractivity contribution is 6.29. The molecule has 2 heteroatoms. The van der Waals surface area contributed by atoms with E-state index in [2.05, 4.69) is 27.7 Å². The van der Waals surface area contributed by atoms with Crippen LogP contribution in [0.4, 0.5) is 0 Å². The zero-order valence-corrected chi connectivity index (χ0v) is 12.9. The molecule has 0 saturated carbocycles. The molecule has 20 heavy (non-hydrogen) atoms. The molecule has 1 atom stereocenters. The summed E-state index contributed by atoms with van der Waals surface area (Å²) >= 11 is 0. The van der Waals surface area contributed by atoms with E-state index in [9.17, 15) is 9.59 Å². The van der Waals surface area contributed by atoms with Gasteiger partial charge < -0.3 is 0 Å². The molecule has 1 aromatic rings. The summed E-state index contributed by atoms with van der Waals surface area (Å²) in [4.78, 5) is 26.1. The molecule has 0 fully saturated rings. The van der Waals surface area contributed by atoms with Gasteiger partial charge in [-0.05, 0) is 11.8 Å². The largest absolute Gasteiger partial charge is 0.293 e. The van der Waals surface area contributed by atoms with Gasteiger partial charge in [0.2, 0.25) is 0 Å². The van der Waals surface area contributed by atoms with E-state index >= 15 is 0 Å². The van der Waals surface area contributed by atoms with E-state index in [1.165, 1.54) is 0 Å². The molecule has 108 valence electrons. The molecule has 0 bridgehead atoms. The van der Waals surface area contributed by atoms with Gasteiger partial charge in [0.05, 0.1) is 0 Å². The average molecular weight is 272 g/mol. The number of carbonyl (C=O) groups is 2. The maximum atomic E-state index is 13.1. The Hall–Kier alpha value is -1.44. The zero-order chi connectivity index (χ0) is 14.9. The first-order valence-electron chi connectivity index (χ1n) is 7.74. The number of ketones is 2. The molecule has 1 aromatic carbocycles. The molecular formula is C18H24O2. The van der Waals surface area contributed by atoms with Crippen LogP contribution in [0.5, 0.6) is 0 Å². The molecule has 0 N–H and O–H groups in total. The smallest absolute Gasteiger partial charge is 0.178 e. The molecule has 0 aliphatic heterocycles. The van der Waals surface area contributed by atoms with Crippen molar-refractivity contribution >= 4 is 11.6 Å².